The van der Waals surface area contributed by atoms with Gasteiger partial charge in [-0.3, -0.25) is 0 Å². The summed E-state index contributed by atoms with van der Waals surface area (Å²) in [4.78, 5) is 11.8. The lowest BCUT2D eigenvalue weighted by Gasteiger charge is -2.09. The summed E-state index contributed by atoms with van der Waals surface area (Å²) >= 11 is 0. The monoisotopic (exact) mass is 295 g/mol. The van der Waals surface area contributed by atoms with Gasteiger partial charge in [-0.2, -0.15) is 5.26 Å². The molecule has 0 aliphatic heterocycles. The number of nitrogens with zero attached hydrogens (tertiary/aromatic N) is 1. The van der Waals surface area contributed by atoms with Gasteiger partial charge >= 0.3 is 6.03 Å². The second-order valence-electron chi connectivity index (χ2n) is 4.70. The van der Waals surface area contributed by atoms with Crippen LogP contribution < -0.4 is 15.4 Å². The number of hydrogen-bond acceptors (Lipinski definition) is 3. The van der Waals surface area contributed by atoms with Gasteiger partial charge in [0.2, 0.25) is 0 Å². The Balaban J connectivity index is 1.81. The van der Waals surface area contributed by atoms with E-state index in [0.29, 0.717) is 18.7 Å². The highest BCUT2D eigenvalue weighted by Gasteiger charge is 2.02. The Kier molecular flexibility index (Phi) is 5.38. The number of ether oxygens (including phenoxy) is 1. The normalized spacial score (nSPS) is 9.64. The summed E-state index contributed by atoms with van der Waals surface area (Å²) in [7, 11) is 1.61. The van der Waals surface area contributed by atoms with Gasteiger partial charge in [-0.25, -0.2) is 4.79 Å². The SMILES string of the molecule is COc1cccc(CNC(=O)NCc2cccc(C#N)c2)c1. The van der Waals surface area contributed by atoms with E-state index in [9.17, 15) is 4.79 Å². The fourth-order valence-corrected chi connectivity index (χ4v) is 1.96. The fraction of sp³-hybridized carbons (Fsp3) is 0.176. The minimum Gasteiger partial charge on any atom is -0.497 e. The van der Waals surface area contributed by atoms with Crippen molar-refractivity contribution >= 4 is 6.03 Å². The van der Waals surface area contributed by atoms with Crippen molar-refractivity contribution in [2.24, 2.45) is 0 Å². The molecule has 0 heterocycles. The lowest BCUT2D eigenvalue weighted by molar-refractivity contribution is 0.240. The summed E-state index contributed by atoms with van der Waals surface area (Å²) in [6, 6.07) is 16.5. The number of nitriles is 1. The first-order chi connectivity index (χ1) is 10.7. The Morgan fingerprint density at radius 3 is 2.36 bits per heavy atom. The molecule has 0 saturated carbocycles. The topological polar surface area (TPSA) is 74.2 Å². The molecular weight excluding hydrogens is 278 g/mol. The van der Waals surface area contributed by atoms with Crippen molar-refractivity contribution in [3.63, 3.8) is 0 Å². The van der Waals surface area contributed by atoms with Gasteiger partial charge in [-0.15, -0.1) is 0 Å². The van der Waals surface area contributed by atoms with Crippen LogP contribution in [0.25, 0.3) is 0 Å². The maximum absolute atomic E-state index is 11.8. The molecule has 0 aromatic heterocycles. The Morgan fingerprint density at radius 1 is 1.09 bits per heavy atom. The molecule has 0 fully saturated rings. The molecule has 0 saturated heterocycles. The predicted octanol–water partition coefficient (Wildman–Crippen LogP) is 2.57. The first-order valence-corrected chi connectivity index (χ1v) is 6.85. The lowest BCUT2D eigenvalue weighted by atomic mass is 10.1. The first kappa shape index (κ1) is 15.4. The van der Waals surface area contributed by atoms with Crippen LogP contribution in [0.15, 0.2) is 48.5 Å². The largest absolute Gasteiger partial charge is 0.497 e. The molecule has 112 valence electrons. The van der Waals surface area contributed by atoms with Crippen LogP contribution in [0, 0.1) is 11.3 Å². The zero-order valence-electron chi connectivity index (χ0n) is 12.3. The van der Waals surface area contributed by atoms with Crippen molar-refractivity contribution in [3.8, 4) is 11.8 Å². The molecular formula is C17H17N3O2. The average molecular weight is 295 g/mol. The molecule has 2 N–H and O–H groups in total. The van der Waals surface area contributed by atoms with Gasteiger partial charge in [-0.1, -0.05) is 24.3 Å². The van der Waals surface area contributed by atoms with Crippen LogP contribution in [-0.2, 0) is 13.1 Å². The summed E-state index contributed by atoms with van der Waals surface area (Å²) in [5.41, 5.74) is 2.42. The Bertz CT molecular complexity index is 692. The van der Waals surface area contributed by atoms with Gasteiger partial charge in [0, 0.05) is 13.1 Å². The summed E-state index contributed by atoms with van der Waals surface area (Å²) in [6.07, 6.45) is 0. The summed E-state index contributed by atoms with van der Waals surface area (Å²) < 4.78 is 5.13. The molecule has 2 rings (SSSR count). The number of nitrogens with one attached hydrogen (secondary N) is 2. The average Bonchev–Trinajstić information content (AvgIpc) is 2.58. The molecule has 5 heteroatoms. The summed E-state index contributed by atoms with van der Waals surface area (Å²) in [5, 5.41) is 14.4. The molecule has 0 bridgehead atoms. The highest BCUT2D eigenvalue weighted by atomic mass is 16.5. The van der Waals surface area contributed by atoms with E-state index in [-0.39, 0.29) is 6.03 Å². The van der Waals surface area contributed by atoms with Crippen molar-refractivity contribution in [3.05, 3.63) is 65.2 Å². The molecule has 5 nitrogen and oxygen atoms in total. The molecule has 0 aliphatic rings. The van der Waals surface area contributed by atoms with E-state index in [4.69, 9.17) is 10.00 Å². The fourth-order valence-electron chi connectivity index (χ4n) is 1.96. The standard InChI is InChI=1S/C17H17N3O2/c1-22-16-7-3-6-15(9-16)12-20-17(21)19-11-14-5-2-4-13(8-14)10-18/h2-9H,11-12H2,1H3,(H2,19,20,21). The summed E-state index contributed by atoms with van der Waals surface area (Å²) in [5.74, 6) is 0.757. The number of carbonyl (C=O) groups excluding carboxylic acids is 1. The third kappa shape index (κ3) is 4.53. The van der Waals surface area contributed by atoms with Crippen molar-refractivity contribution in [1.29, 1.82) is 5.26 Å². The molecule has 2 amide bonds. The maximum Gasteiger partial charge on any atom is 0.315 e. The lowest BCUT2D eigenvalue weighted by Crippen LogP contribution is -2.34. The molecule has 2 aromatic rings. The van der Waals surface area contributed by atoms with Crippen molar-refractivity contribution < 1.29 is 9.53 Å². The van der Waals surface area contributed by atoms with Crippen molar-refractivity contribution in [2.75, 3.05) is 7.11 Å². The van der Waals surface area contributed by atoms with Crippen LogP contribution in [0.3, 0.4) is 0 Å². The quantitative estimate of drug-likeness (QED) is 0.890. The second kappa shape index (κ2) is 7.70. The number of benzene rings is 2. The van der Waals surface area contributed by atoms with Crippen LogP contribution in [0.2, 0.25) is 0 Å². The van der Waals surface area contributed by atoms with Crippen LogP contribution in [-0.4, -0.2) is 13.1 Å². The highest BCUT2D eigenvalue weighted by Crippen LogP contribution is 2.12. The van der Waals surface area contributed by atoms with Crippen LogP contribution in [0.1, 0.15) is 16.7 Å². The minimum atomic E-state index is -0.259. The van der Waals surface area contributed by atoms with E-state index < -0.39 is 0 Å². The number of hydrogen-bond donors (Lipinski definition) is 2. The van der Waals surface area contributed by atoms with Crippen LogP contribution >= 0.6 is 0 Å². The molecule has 0 aliphatic carbocycles. The molecule has 2 aromatic carbocycles. The third-order valence-corrected chi connectivity index (χ3v) is 3.10. The third-order valence-electron chi connectivity index (χ3n) is 3.10. The van der Waals surface area contributed by atoms with Crippen LogP contribution in [0.5, 0.6) is 5.75 Å². The van der Waals surface area contributed by atoms with Gasteiger partial charge < -0.3 is 15.4 Å². The zero-order valence-corrected chi connectivity index (χ0v) is 12.3. The van der Waals surface area contributed by atoms with E-state index in [2.05, 4.69) is 16.7 Å². The molecule has 0 atom stereocenters. The maximum atomic E-state index is 11.8. The van der Waals surface area contributed by atoms with E-state index >= 15 is 0 Å². The van der Waals surface area contributed by atoms with E-state index in [1.807, 2.05) is 30.3 Å². The molecule has 22 heavy (non-hydrogen) atoms. The number of urea groups is 1. The van der Waals surface area contributed by atoms with Crippen molar-refractivity contribution in [2.45, 2.75) is 13.1 Å². The van der Waals surface area contributed by atoms with Gasteiger partial charge in [0.05, 0.1) is 18.7 Å². The summed E-state index contributed by atoms with van der Waals surface area (Å²) in [6.45, 7) is 0.792. The number of amides is 2. The van der Waals surface area contributed by atoms with E-state index in [1.165, 1.54) is 0 Å². The minimum absolute atomic E-state index is 0.259. The predicted molar refractivity (Wildman–Crippen MR) is 83.2 cm³/mol. The highest BCUT2D eigenvalue weighted by molar-refractivity contribution is 5.73. The Morgan fingerprint density at radius 2 is 1.73 bits per heavy atom. The molecule has 0 spiro atoms. The first-order valence-electron chi connectivity index (χ1n) is 6.85. The van der Waals surface area contributed by atoms with Gasteiger partial charge in [0.15, 0.2) is 0 Å². The number of carbonyl (C=O) groups is 1. The van der Waals surface area contributed by atoms with Crippen LogP contribution in [0.4, 0.5) is 4.79 Å². The number of methoxy groups -OCH3 is 1. The number of rotatable bonds is 5. The smallest absolute Gasteiger partial charge is 0.315 e. The van der Waals surface area contributed by atoms with Gasteiger partial charge in [0.1, 0.15) is 5.75 Å². The molecule has 0 radical (unpaired) electrons. The zero-order chi connectivity index (χ0) is 15.8. The van der Waals surface area contributed by atoms with E-state index in [0.717, 1.165) is 16.9 Å². The van der Waals surface area contributed by atoms with Gasteiger partial charge in [-0.05, 0) is 35.4 Å². The Hall–Kier alpha value is -3.00. The molecule has 0 unspecified atom stereocenters. The van der Waals surface area contributed by atoms with Crippen molar-refractivity contribution in [1.82, 2.24) is 10.6 Å². The second-order valence-corrected chi connectivity index (χ2v) is 4.70. The van der Waals surface area contributed by atoms with Gasteiger partial charge in [0.25, 0.3) is 0 Å². The Labute approximate surface area is 129 Å². The van der Waals surface area contributed by atoms with E-state index in [1.54, 1.807) is 25.3 Å².